The SMILES string of the molecule is CN=C(NCCc1cccc(C(=O)N(C)C)c1)NC1CCCC(C(=O)NC2CC2)C1.I. The smallest absolute Gasteiger partial charge is 0.253 e. The Hall–Kier alpha value is -1.84. The van der Waals surface area contributed by atoms with Crippen molar-refractivity contribution in [3.05, 3.63) is 35.4 Å². The highest BCUT2D eigenvalue weighted by Gasteiger charge is 2.31. The van der Waals surface area contributed by atoms with Crippen LogP contribution in [0.25, 0.3) is 0 Å². The highest BCUT2D eigenvalue weighted by Crippen LogP contribution is 2.26. The number of nitrogens with one attached hydrogen (secondary N) is 3. The Balaban J connectivity index is 0.00000341. The van der Waals surface area contributed by atoms with Crippen LogP contribution in [-0.2, 0) is 11.2 Å². The van der Waals surface area contributed by atoms with Gasteiger partial charge in [0.15, 0.2) is 5.96 Å². The molecule has 0 heterocycles. The third-order valence-corrected chi connectivity index (χ3v) is 5.82. The summed E-state index contributed by atoms with van der Waals surface area (Å²) in [5.41, 5.74) is 1.82. The van der Waals surface area contributed by atoms with E-state index in [2.05, 4.69) is 20.9 Å². The maximum atomic E-state index is 12.4. The van der Waals surface area contributed by atoms with Crippen molar-refractivity contribution < 1.29 is 9.59 Å². The van der Waals surface area contributed by atoms with Gasteiger partial charge in [0, 0.05) is 51.3 Å². The van der Waals surface area contributed by atoms with Crippen LogP contribution in [0.15, 0.2) is 29.3 Å². The second-order valence-electron chi connectivity index (χ2n) is 8.64. The summed E-state index contributed by atoms with van der Waals surface area (Å²) in [6, 6.07) is 8.44. The quantitative estimate of drug-likeness (QED) is 0.282. The van der Waals surface area contributed by atoms with E-state index in [1.807, 2.05) is 24.3 Å². The van der Waals surface area contributed by atoms with Crippen molar-refractivity contribution in [1.82, 2.24) is 20.9 Å². The molecular formula is C23H36IN5O2. The number of hydrogen-bond acceptors (Lipinski definition) is 3. The molecule has 0 aliphatic heterocycles. The van der Waals surface area contributed by atoms with Gasteiger partial charge < -0.3 is 20.9 Å². The number of guanidine groups is 1. The molecule has 0 saturated heterocycles. The lowest BCUT2D eigenvalue weighted by atomic mass is 9.85. The Bertz CT molecular complexity index is 779. The summed E-state index contributed by atoms with van der Waals surface area (Å²) in [6.07, 6.45) is 7.00. The van der Waals surface area contributed by atoms with E-state index in [0.29, 0.717) is 11.6 Å². The number of halogens is 1. The summed E-state index contributed by atoms with van der Waals surface area (Å²) in [5, 5.41) is 10.00. The molecule has 2 aliphatic carbocycles. The van der Waals surface area contributed by atoms with Crippen LogP contribution >= 0.6 is 24.0 Å². The summed E-state index contributed by atoms with van der Waals surface area (Å²) in [4.78, 5) is 30.5. The molecule has 8 heteroatoms. The average Bonchev–Trinajstić information content (AvgIpc) is 3.56. The fourth-order valence-corrected chi connectivity index (χ4v) is 3.94. The summed E-state index contributed by atoms with van der Waals surface area (Å²) < 4.78 is 0. The van der Waals surface area contributed by atoms with Crippen LogP contribution in [0.1, 0.15) is 54.4 Å². The Morgan fingerprint density at radius 1 is 1.10 bits per heavy atom. The first-order valence-electron chi connectivity index (χ1n) is 11.0. The molecule has 31 heavy (non-hydrogen) atoms. The third kappa shape index (κ3) is 7.97. The van der Waals surface area contributed by atoms with Gasteiger partial charge in [-0.05, 0) is 56.2 Å². The molecule has 2 fully saturated rings. The Labute approximate surface area is 202 Å². The zero-order chi connectivity index (χ0) is 21.5. The standard InChI is InChI=1S/C23H35N5O2.HI/c1-24-23(25-13-12-16-6-4-8-18(14-16)22(30)28(2)3)27-20-9-5-7-17(15-20)21(29)26-19-10-11-19;/h4,6,8,14,17,19-20H,5,7,9-13,15H2,1-3H3,(H,26,29)(H2,24,25,27);1H. The van der Waals surface area contributed by atoms with Gasteiger partial charge in [-0.2, -0.15) is 0 Å². The van der Waals surface area contributed by atoms with Crippen LogP contribution in [0.4, 0.5) is 0 Å². The maximum Gasteiger partial charge on any atom is 0.253 e. The highest BCUT2D eigenvalue weighted by atomic mass is 127. The van der Waals surface area contributed by atoms with Gasteiger partial charge in [-0.3, -0.25) is 14.6 Å². The van der Waals surface area contributed by atoms with Gasteiger partial charge in [0.25, 0.3) is 5.91 Å². The molecule has 2 amide bonds. The van der Waals surface area contributed by atoms with Gasteiger partial charge in [-0.1, -0.05) is 18.6 Å². The number of rotatable bonds is 7. The van der Waals surface area contributed by atoms with Gasteiger partial charge in [-0.25, -0.2) is 0 Å². The largest absolute Gasteiger partial charge is 0.356 e. The maximum absolute atomic E-state index is 12.4. The lowest BCUT2D eigenvalue weighted by Crippen LogP contribution is -2.47. The van der Waals surface area contributed by atoms with Crippen molar-refractivity contribution in [2.24, 2.45) is 10.9 Å². The molecule has 1 aromatic carbocycles. The van der Waals surface area contributed by atoms with Crippen LogP contribution in [0.5, 0.6) is 0 Å². The van der Waals surface area contributed by atoms with E-state index in [9.17, 15) is 9.59 Å². The first-order valence-corrected chi connectivity index (χ1v) is 11.0. The van der Waals surface area contributed by atoms with E-state index in [4.69, 9.17) is 0 Å². The summed E-state index contributed by atoms with van der Waals surface area (Å²) in [7, 11) is 5.29. The second kappa shape index (κ2) is 12.3. The topological polar surface area (TPSA) is 85.8 Å². The third-order valence-electron chi connectivity index (χ3n) is 5.82. The molecule has 2 atom stereocenters. The monoisotopic (exact) mass is 541 g/mol. The van der Waals surface area contributed by atoms with Gasteiger partial charge in [-0.15, -0.1) is 24.0 Å². The number of aliphatic imine (C=N–C) groups is 1. The fraction of sp³-hybridized carbons (Fsp3) is 0.609. The molecular weight excluding hydrogens is 505 g/mol. The second-order valence-corrected chi connectivity index (χ2v) is 8.64. The summed E-state index contributed by atoms with van der Waals surface area (Å²) in [6.45, 7) is 0.720. The van der Waals surface area contributed by atoms with Crippen molar-refractivity contribution in [3.63, 3.8) is 0 Å². The number of hydrogen-bond donors (Lipinski definition) is 3. The van der Waals surface area contributed by atoms with Crippen LogP contribution in [-0.4, -0.2) is 62.4 Å². The van der Waals surface area contributed by atoms with E-state index < -0.39 is 0 Å². The molecule has 2 aliphatic rings. The Morgan fingerprint density at radius 3 is 2.55 bits per heavy atom. The van der Waals surface area contributed by atoms with Crippen molar-refractivity contribution in [1.29, 1.82) is 0 Å². The van der Waals surface area contributed by atoms with Gasteiger partial charge in [0.2, 0.25) is 5.91 Å². The molecule has 3 N–H and O–H groups in total. The number of amides is 2. The van der Waals surface area contributed by atoms with E-state index in [1.54, 1.807) is 26.0 Å². The first-order chi connectivity index (χ1) is 14.5. The van der Waals surface area contributed by atoms with E-state index in [-0.39, 0.29) is 47.8 Å². The minimum Gasteiger partial charge on any atom is -0.356 e. The highest BCUT2D eigenvalue weighted by molar-refractivity contribution is 14.0. The Morgan fingerprint density at radius 2 is 1.87 bits per heavy atom. The molecule has 7 nitrogen and oxygen atoms in total. The molecule has 1 aromatic rings. The van der Waals surface area contributed by atoms with Crippen LogP contribution in [0.2, 0.25) is 0 Å². The molecule has 0 aromatic heterocycles. The normalized spacial score (nSPS) is 20.9. The number of carbonyl (C=O) groups is 2. The minimum absolute atomic E-state index is 0. The Kier molecular flexibility index (Phi) is 10.1. The molecule has 2 unspecified atom stereocenters. The van der Waals surface area contributed by atoms with Crippen molar-refractivity contribution in [3.8, 4) is 0 Å². The average molecular weight is 541 g/mol. The molecule has 2 saturated carbocycles. The van der Waals surface area contributed by atoms with Gasteiger partial charge in [0.05, 0.1) is 0 Å². The zero-order valence-corrected chi connectivity index (χ0v) is 21.1. The van der Waals surface area contributed by atoms with Gasteiger partial charge in [0.1, 0.15) is 0 Å². The van der Waals surface area contributed by atoms with Gasteiger partial charge >= 0.3 is 0 Å². The van der Waals surface area contributed by atoms with Crippen LogP contribution in [0.3, 0.4) is 0 Å². The molecule has 0 spiro atoms. The number of benzene rings is 1. The molecule has 0 bridgehead atoms. The van der Waals surface area contributed by atoms with E-state index in [1.165, 1.54) is 0 Å². The van der Waals surface area contributed by atoms with Crippen molar-refractivity contribution >= 4 is 41.8 Å². The minimum atomic E-state index is 0. The first kappa shape index (κ1) is 25.4. The lowest BCUT2D eigenvalue weighted by molar-refractivity contribution is -0.126. The fourth-order valence-electron chi connectivity index (χ4n) is 3.94. The predicted octanol–water partition coefficient (Wildman–Crippen LogP) is 2.55. The van der Waals surface area contributed by atoms with E-state index in [0.717, 1.165) is 63.0 Å². The number of nitrogens with zero attached hydrogens (tertiary/aromatic N) is 2. The van der Waals surface area contributed by atoms with Crippen molar-refractivity contribution in [2.75, 3.05) is 27.7 Å². The summed E-state index contributed by atoms with van der Waals surface area (Å²) in [5.74, 6) is 1.11. The molecule has 3 rings (SSSR count). The molecule has 172 valence electrons. The molecule has 0 radical (unpaired) electrons. The van der Waals surface area contributed by atoms with Crippen molar-refractivity contribution in [2.45, 2.75) is 57.0 Å². The van der Waals surface area contributed by atoms with Crippen LogP contribution < -0.4 is 16.0 Å². The summed E-state index contributed by atoms with van der Waals surface area (Å²) >= 11 is 0. The van der Waals surface area contributed by atoms with Crippen LogP contribution in [0, 0.1) is 5.92 Å². The van der Waals surface area contributed by atoms with E-state index >= 15 is 0 Å². The lowest BCUT2D eigenvalue weighted by Gasteiger charge is -2.30. The predicted molar refractivity (Wildman–Crippen MR) is 135 cm³/mol. The zero-order valence-electron chi connectivity index (χ0n) is 18.8. The number of carbonyl (C=O) groups excluding carboxylic acids is 2.